The number of nitrogens with one attached hydrogen (secondary N) is 1. The fraction of sp³-hybridized carbons (Fsp3) is 0.650. The molecule has 0 unspecified atom stereocenters. The van der Waals surface area contributed by atoms with Gasteiger partial charge in [0.05, 0.1) is 4.90 Å². The molecule has 1 aliphatic carbocycles. The number of halogens is 1. The van der Waals surface area contributed by atoms with E-state index in [1.54, 1.807) is 31.3 Å². The van der Waals surface area contributed by atoms with E-state index < -0.39 is 10.0 Å². The number of nitrogens with zero attached hydrogens (tertiary/aromatic N) is 1. The molecule has 0 saturated heterocycles. The number of hydrogen-bond donors (Lipinski definition) is 2. The largest absolute Gasteiger partial charge is 0.352 e. The fourth-order valence-corrected chi connectivity index (χ4v) is 4.95. The minimum absolute atomic E-state index is 0. The molecule has 8 heteroatoms. The van der Waals surface area contributed by atoms with Crippen molar-refractivity contribution < 1.29 is 13.2 Å². The Balaban J connectivity index is 0.00000392. The predicted molar refractivity (Wildman–Crippen MR) is 115 cm³/mol. The van der Waals surface area contributed by atoms with Crippen molar-refractivity contribution in [3.05, 3.63) is 29.8 Å². The first-order valence-corrected chi connectivity index (χ1v) is 11.2. The monoisotopic (exact) mass is 431 g/mol. The summed E-state index contributed by atoms with van der Waals surface area (Å²) in [6.45, 7) is 4.61. The van der Waals surface area contributed by atoms with Crippen molar-refractivity contribution in [2.24, 2.45) is 11.1 Å². The molecule has 1 saturated carbocycles. The molecular weight excluding hydrogens is 398 g/mol. The van der Waals surface area contributed by atoms with Crippen molar-refractivity contribution in [3.63, 3.8) is 0 Å². The Hall–Kier alpha value is -1.15. The highest BCUT2D eigenvalue weighted by Gasteiger charge is 2.32. The SMILES string of the molecule is CC(C)N(C)S(=O)(=O)c1ccc(CNC(=O)CC2(CN)CCCCC2)cc1.Cl. The third kappa shape index (κ3) is 6.17. The smallest absolute Gasteiger partial charge is 0.243 e. The van der Waals surface area contributed by atoms with Crippen LogP contribution in [-0.4, -0.2) is 38.3 Å². The third-order valence-corrected chi connectivity index (χ3v) is 7.75. The van der Waals surface area contributed by atoms with Crippen LogP contribution in [0.15, 0.2) is 29.2 Å². The van der Waals surface area contributed by atoms with Crippen molar-refractivity contribution in [2.75, 3.05) is 13.6 Å². The van der Waals surface area contributed by atoms with Gasteiger partial charge in [-0.05, 0) is 56.3 Å². The molecule has 0 spiro atoms. The van der Waals surface area contributed by atoms with Crippen LogP contribution in [0.5, 0.6) is 0 Å². The Kier molecular flexibility index (Phi) is 9.40. The van der Waals surface area contributed by atoms with Gasteiger partial charge in [0.25, 0.3) is 0 Å². The second-order valence-corrected chi connectivity index (χ2v) is 9.97. The highest BCUT2D eigenvalue weighted by molar-refractivity contribution is 7.89. The van der Waals surface area contributed by atoms with Crippen molar-refractivity contribution >= 4 is 28.3 Å². The number of benzene rings is 1. The van der Waals surface area contributed by atoms with E-state index in [2.05, 4.69) is 5.32 Å². The normalized spacial score (nSPS) is 16.6. The van der Waals surface area contributed by atoms with E-state index in [1.165, 1.54) is 10.7 Å². The van der Waals surface area contributed by atoms with Crippen LogP contribution in [0.1, 0.15) is 57.9 Å². The van der Waals surface area contributed by atoms with Crippen LogP contribution in [0.2, 0.25) is 0 Å². The average Bonchev–Trinajstić information content (AvgIpc) is 2.66. The summed E-state index contributed by atoms with van der Waals surface area (Å²) in [7, 11) is -1.91. The first kappa shape index (κ1) is 24.9. The van der Waals surface area contributed by atoms with Gasteiger partial charge >= 0.3 is 0 Å². The zero-order valence-electron chi connectivity index (χ0n) is 17.1. The molecule has 0 radical (unpaired) electrons. The number of hydrogen-bond acceptors (Lipinski definition) is 4. The highest BCUT2D eigenvalue weighted by Crippen LogP contribution is 2.38. The van der Waals surface area contributed by atoms with Gasteiger partial charge in [-0.3, -0.25) is 4.79 Å². The van der Waals surface area contributed by atoms with Crippen LogP contribution in [-0.2, 0) is 21.4 Å². The molecule has 160 valence electrons. The van der Waals surface area contributed by atoms with Crippen LogP contribution >= 0.6 is 12.4 Å². The van der Waals surface area contributed by atoms with Crippen LogP contribution in [0.3, 0.4) is 0 Å². The highest BCUT2D eigenvalue weighted by atomic mass is 35.5. The minimum Gasteiger partial charge on any atom is -0.352 e. The summed E-state index contributed by atoms with van der Waals surface area (Å²) >= 11 is 0. The van der Waals surface area contributed by atoms with Gasteiger partial charge in [-0.15, -0.1) is 12.4 Å². The summed E-state index contributed by atoms with van der Waals surface area (Å²) in [5.41, 5.74) is 6.78. The summed E-state index contributed by atoms with van der Waals surface area (Å²) in [4.78, 5) is 12.6. The van der Waals surface area contributed by atoms with Crippen LogP contribution in [0.4, 0.5) is 0 Å². The maximum Gasteiger partial charge on any atom is 0.243 e. The molecule has 1 aromatic carbocycles. The number of amides is 1. The summed E-state index contributed by atoms with van der Waals surface area (Å²) in [6, 6.07) is 6.58. The van der Waals surface area contributed by atoms with E-state index in [1.807, 2.05) is 13.8 Å². The van der Waals surface area contributed by atoms with E-state index in [9.17, 15) is 13.2 Å². The van der Waals surface area contributed by atoms with Crippen molar-refractivity contribution in [2.45, 2.75) is 69.9 Å². The second kappa shape index (κ2) is 10.6. The Morgan fingerprint density at radius 1 is 1.18 bits per heavy atom. The average molecular weight is 432 g/mol. The standard InChI is InChI=1S/C20H33N3O3S.ClH/c1-16(2)23(3)27(25,26)18-9-7-17(8-10-18)14-22-19(24)13-20(15-21)11-5-4-6-12-20;/h7-10,16H,4-6,11-15,21H2,1-3H3,(H,22,24);1H. The summed E-state index contributed by atoms with van der Waals surface area (Å²) in [6.07, 6.45) is 6.02. The molecule has 1 amide bonds. The molecule has 2 rings (SSSR count). The molecule has 1 aromatic rings. The molecular formula is C20H34ClN3O3S. The van der Waals surface area contributed by atoms with Crippen LogP contribution < -0.4 is 11.1 Å². The fourth-order valence-electron chi connectivity index (χ4n) is 3.58. The summed E-state index contributed by atoms with van der Waals surface area (Å²) in [5.74, 6) is 0.0126. The molecule has 0 atom stereocenters. The van der Waals surface area contributed by atoms with Gasteiger partial charge in [0, 0.05) is 26.1 Å². The third-order valence-electron chi connectivity index (χ3n) is 5.70. The maximum atomic E-state index is 12.5. The van der Waals surface area contributed by atoms with Gasteiger partial charge in [0.15, 0.2) is 0 Å². The Morgan fingerprint density at radius 2 is 1.75 bits per heavy atom. The first-order valence-electron chi connectivity index (χ1n) is 9.74. The Bertz CT molecular complexity index is 730. The quantitative estimate of drug-likeness (QED) is 0.661. The van der Waals surface area contributed by atoms with E-state index in [0.717, 1.165) is 31.2 Å². The lowest BCUT2D eigenvalue weighted by Gasteiger charge is -2.35. The number of carbonyl (C=O) groups excluding carboxylic acids is 1. The summed E-state index contributed by atoms with van der Waals surface area (Å²) < 4.78 is 26.3. The van der Waals surface area contributed by atoms with E-state index in [0.29, 0.717) is 19.5 Å². The zero-order valence-corrected chi connectivity index (χ0v) is 18.7. The molecule has 6 nitrogen and oxygen atoms in total. The van der Waals surface area contributed by atoms with E-state index in [4.69, 9.17) is 5.73 Å². The molecule has 1 aliphatic rings. The number of carbonyl (C=O) groups is 1. The zero-order chi connectivity index (χ0) is 20.1. The molecule has 0 aromatic heterocycles. The van der Waals surface area contributed by atoms with Crippen molar-refractivity contribution in [3.8, 4) is 0 Å². The van der Waals surface area contributed by atoms with Crippen LogP contribution in [0, 0.1) is 5.41 Å². The van der Waals surface area contributed by atoms with Gasteiger partial charge in [-0.25, -0.2) is 8.42 Å². The predicted octanol–water partition coefficient (Wildman–Crippen LogP) is 3.05. The lowest BCUT2D eigenvalue weighted by Crippen LogP contribution is -2.38. The molecule has 0 aliphatic heterocycles. The van der Waals surface area contributed by atoms with Gasteiger partial charge in [-0.1, -0.05) is 31.4 Å². The topological polar surface area (TPSA) is 92.5 Å². The number of sulfonamides is 1. The van der Waals surface area contributed by atoms with E-state index in [-0.39, 0.29) is 34.7 Å². The Labute approximate surface area is 175 Å². The lowest BCUT2D eigenvalue weighted by atomic mass is 9.71. The molecule has 0 bridgehead atoms. The number of rotatable bonds is 8. The maximum absolute atomic E-state index is 12.5. The van der Waals surface area contributed by atoms with Crippen molar-refractivity contribution in [1.29, 1.82) is 0 Å². The molecule has 28 heavy (non-hydrogen) atoms. The lowest BCUT2D eigenvalue weighted by molar-refractivity contribution is -0.124. The second-order valence-electron chi connectivity index (χ2n) is 7.98. The summed E-state index contributed by atoms with van der Waals surface area (Å²) in [5, 5.41) is 2.95. The van der Waals surface area contributed by atoms with Gasteiger partial charge in [-0.2, -0.15) is 4.31 Å². The molecule has 3 N–H and O–H groups in total. The van der Waals surface area contributed by atoms with E-state index >= 15 is 0 Å². The van der Waals surface area contributed by atoms with Gasteiger partial charge < -0.3 is 11.1 Å². The number of nitrogens with two attached hydrogens (primary N) is 1. The molecule has 0 heterocycles. The molecule has 1 fully saturated rings. The Morgan fingerprint density at radius 3 is 2.25 bits per heavy atom. The minimum atomic E-state index is -3.48. The van der Waals surface area contributed by atoms with Crippen LogP contribution in [0.25, 0.3) is 0 Å². The van der Waals surface area contributed by atoms with Gasteiger partial charge in [0.2, 0.25) is 15.9 Å². The van der Waals surface area contributed by atoms with Gasteiger partial charge in [0.1, 0.15) is 0 Å². The van der Waals surface area contributed by atoms with Crippen molar-refractivity contribution in [1.82, 2.24) is 9.62 Å². The first-order chi connectivity index (χ1) is 12.7.